The lowest BCUT2D eigenvalue weighted by atomic mass is 9.86. The fourth-order valence-corrected chi connectivity index (χ4v) is 3.04. The molecule has 0 fully saturated rings. The Morgan fingerprint density at radius 2 is 1.78 bits per heavy atom. The van der Waals surface area contributed by atoms with Crippen LogP contribution in [0, 0.1) is 5.41 Å². The summed E-state index contributed by atoms with van der Waals surface area (Å²) in [6.07, 6.45) is 5.64. The van der Waals surface area contributed by atoms with E-state index in [4.69, 9.17) is 4.74 Å². The van der Waals surface area contributed by atoms with Crippen molar-refractivity contribution in [3.05, 3.63) is 72.7 Å². The standard InChI is InChI=1S/C23H29N3O/c1-23(2,12-14-24-16-19-8-4-3-5-9-19)13-15-27-22-11-7-6-10-20(22)21-17-25-18-26-21/h3-11,17-18,24H,12-16H2,1-2H3,(H,25,26). The van der Waals surface area contributed by atoms with Crippen LogP contribution in [0.4, 0.5) is 0 Å². The van der Waals surface area contributed by atoms with Gasteiger partial charge in [-0.2, -0.15) is 0 Å². The first-order chi connectivity index (χ1) is 13.1. The molecule has 1 aromatic heterocycles. The van der Waals surface area contributed by atoms with E-state index < -0.39 is 0 Å². The van der Waals surface area contributed by atoms with Crippen LogP contribution in [0.2, 0.25) is 0 Å². The Labute approximate surface area is 162 Å². The molecule has 0 saturated carbocycles. The van der Waals surface area contributed by atoms with Crippen LogP contribution in [-0.4, -0.2) is 23.1 Å². The zero-order valence-corrected chi connectivity index (χ0v) is 16.2. The molecule has 27 heavy (non-hydrogen) atoms. The number of H-pyrrole nitrogens is 1. The van der Waals surface area contributed by atoms with Gasteiger partial charge in [-0.1, -0.05) is 56.3 Å². The molecule has 0 aliphatic heterocycles. The van der Waals surface area contributed by atoms with E-state index in [1.54, 1.807) is 6.33 Å². The van der Waals surface area contributed by atoms with Gasteiger partial charge in [-0.05, 0) is 42.5 Å². The summed E-state index contributed by atoms with van der Waals surface area (Å²) in [5, 5.41) is 3.54. The van der Waals surface area contributed by atoms with Gasteiger partial charge in [0.05, 0.1) is 24.8 Å². The van der Waals surface area contributed by atoms with Crippen LogP contribution < -0.4 is 10.1 Å². The smallest absolute Gasteiger partial charge is 0.128 e. The predicted octanol–water partition coefficient (Wildman–Crippen LogP) is 5.05. The first-order valence-corrected chi connectivity index (χ1v) is 9.59. The maximum atomic E-state index is 6.10. The van der Waals surface area contributed by atoms with Crippen LogP contribution in [-0.2, 0) is 6.54 Å². The summed E-state index contributed by atoms with van der Waals surface area (Å²) in [7, 11) is 0. The molecule has 0 aliphatic rings. The Kier molecular flexibility index (Phi) is 6.66. The third-order valence-corrected chi connectivity index (χ3v) is 4.86. The molecular formula is C23H29N3O. The molecule has 0 amide bonds. The Balaban J connectivity index is 1.43. The second-order valence-electron chi connectivity index (χ2n) is 7.64. The molecule has 0 radical (unpaired) electrons. The van der Waals surface area contributed by atoms with Crippen LogP contribution in [0.3, 0.4) is 0 Å². The van der Waals surface area contributed by atoms with Crippen molar-refractivity contribution in [1.29, 1.82) is 0 Å². The lowest BCUT2D eigenvalue weighted by Gasteiger charge is -2.25. The molecule has 142 valence electrons. The third kappa shape index (κ3) is 5.97. The van der Waals surface area contributed by atoms with Gasteiger partial charge in [0.1, 0.15) is 5.75 Å². The zero-order valence-electron chi connectivity index (χ0n) is 16.2. The number of hydrogen-bond acceptors (Lipinski definition) is 3. The minimum Gasteiger partial charge on any atom is -0.493 e. The van der Waals surface area contributed by atoms with Gasteiger partial charge < -0.3 is 15.0 Å². The molecule has 0 bridgehead atoms. The van der Waals surface area contributed by atoms with Crippen molar-refractivity contribution in [2.45, 2.75) is 33.2 Å². The topological polar surface area (TPSA) is 49.9 Å². The van der Waals surface area contributed by atoms with Gasteiger partial charge in [0.15, 0.2) is 0 Å². The monoisotopic (exact) mass is 363 g/mol. The summed E-state index contributed by atoms with van der Waals surface area (Å²) in [6.45, 7) is 7.25. The molecule has 3 rings (SSSR count). The summed E-state index contributed by atoms with van der Waals surface area (Å²) < 4.78 is 6.10. The van der Waals surface area contributed by atoms with Gasteiger partial charge in [0.2, 0.25) is 0 Å². The molecule has 3 aromatic rings. The van der Waals surface area contributed by atoms with Crippen LogP contribution in [0.25, 0.3) is 11.3 Å². The molecule has 0 atom stereocenters. The quantitative estimate of drug-likeness (QED) is 0.496. The Bertz CT molecular complexity index is 798. The van der Waals surface area contributed by atoms with Gasteiger partial charge in [0, 0.05) is 12.1 Å². The number of benzene rings is 2. The highest BCUT2D eigenvalue weighted by Gasteiger charge is 2.18. The van der Waals surface area contributed by atoms with Gasteiger partial charge in [0.25, 0.3) is 0 Å². The number of imidazole rings is 1. The Morgan fingerprint density at radius 3 is 2.56 bits per heavy atom. The summed E-state index contributed by atoms with van der Waals surface area (Å²) in [6, 6.07) is 18.6. The van der Waals surface area contributed by atoms with Gasteiger partial charge in [-0.15, -0.1) is 0 Å². The lowest BCUT2D eigenvalue weighted by Crippen LogP contribution is -2.23. The molecule has 2 aromatic carbocycles. The second-order valence-corrected chi connectivity index (χ2v) is 7.64. The van der Waals surface area contributed by atoms with E-state index in [1.807, 2.05) is 24.4 Å². The fourth-order valence-electron chi connectivity index (χ4n) is 3.04. The van der Waals surface area contributed by atoms with Crippen LogP contribution in [0.5, 0.6) is 5.75 Å². The molecule has 0 saturated heterocycles. The molecule has 4 nitrogen and oxygen atoms in total. The number of aromatic amines is 1. The fraction of sp³-hybridized carbons (Fsp3) is 0.348. The first kappa shape index (κ1) is 19.2. The average molecular weight is 364 g/mol. The van der Waals surface area contributed by atoms with Crippen molar-refractivity contribution in [2.24, 2.45) is 5.41 Å². The number of ether oxygens (including phenoxy) is 1. The van der Waals surface area contributed by atoms with E-state index in [0.29, 0.717) is 6.61 Å². The van der Waals surface area contributed by atoms with E-state index in [9.17, 15) is 0 Å². The zero-order chi connectivity index (χ0) is 19.0. The average Bonchev–Trinajstić information content (AvgIpc) is 3.21. The number of nitrogens with one attached hydrogen (secondary N) is 2. The molecule has 0 unspecified atom stereocenters. The van der Waals surface area contributed by atoms with Crippen molar-refractivity contribution < 1.29 is 4.74 Å². The normalized spacial score (nSPS) is 11.5. The van der Waals surface area contributed by atoms with E-state index >= 15 is 0 Å². The highest BCUT2D eigenvalue weighted by Crippen LogP contribution is 2.30. The van der Waals surface area contributed by atoms with E-state index in [1.165, 1.54) is 5.56 Å². The van der Waals surface area contributed by atoms with Crippen LogP contribution in [0.1, 0.15) is 32.3 Å². The molecule has 0 spiro atoms. The van der Waals surface area contributed by atoms with Crippen molar-refractivity contribution in [3.8, 4) is 17.0 Å². The van der Waals surface area contributed by atoms with Crippen molar-refractivity contribution in [1.82, 2.24) is 15.3 Å². The summed E-state index contributed by atoms with van der Waals surface area (Å²) >= 11 is 0. The van der Waals surface area contributed by atoms with E-state index in [-0.39, 0.29) is 5.41 Å². The highest BCUT2D eigenvalue weighted by atomic mass is 16.5. The molecular weight excluding hydrogens is 334 g/mol. The number of para-hydroxylation sites is 1. The lowest BCUT2D eigenvalue weighted by molar-refractivity contribution is 0.216. The summed E-state index contributed by atoms with van der Waals surface area (Å²) in [5.74, 6) is 0.903. The molecule has 1 heterocycles. The van der Waals surface area contributed by atoms with Crippen LogP contribution in [0.15, 0.2) is 67.1 Å². The maximum absolute atomic E-state index is 6.10. The van der Waals surface area contributed by atoms with Crippen LogP contribution >= 0.6 is 0 Å². The Morgan fingerprint density at radius 1 is 1.00 bits per heavy atom. The SMILES string of the molecule is CC(C)(CCNCc1ccccc1)CCOc1ccccc1-c1cnc[nH]1. The first-order valence-electron chi connectivity index (χ1n) is 9.59. The maximum Gasteiger partial charge on any atom is 0.128 e. The second kappa shape index (κ2) is 9.38. The van der Waals surface area contributed by atoms with Crippen molar-refractivity contribution in [2.75, 3.05) is 13.2 Å². The Hall–Kier alpha value is -2.59. The number of aromatic nitrogens is 2. The van der Waals surface area contributed by atoms with Gasteiger partial charge in [-0.25, -0.2) is 4.98 Å². The van der Waals surface area contributed by atoms with Crippen molar-refractivity contribution >= 4 is 0 Å². The van der Waals surface area contributed by atoms with E-state index in [2.05, 4.69) is 65.5 Å². The minimum atomic E-state index is 0.229. The van der Waals surface area contributed by atoms with Crippen molar-refractivity contribution in [3.63, 3.8) is 0 Å². The minimum absolute atomic E-state index is 0.229. The molecule has 4 heteroatoms. The number of hydrogen-bond donors (Lipinski definition) is 2. The highest BCUT2D eigenvalue weighted by molar-refractivity contribution is 5.66. The summed E-state index contributed by atoms with van der Waals surface area (Å²) in [4.78, 5) is 7.25. The van der Waals surface area contributed by atoms with Gasteiger partial charge >= 0.3 is 0 Å². The predicted molar refractivity (Wildman–Crippen MR) is 111 cm³/mol. The number of nitrogens with zero attached hydrogens (tertiary/aromatic N) is 1. The number of rotatable bonds is 10. The molecule has 0 aliphatic carbocycles. The van der Waals surface area contributed by atoms with Gasteiger partial charge in [-0.3, -0.25) is 0 Å². The summed E-state index contributed by atoms with van der Waals surface area (Å²) in [5.41, 5.74) is 3.59. The largest absolute Gasteiger partial charge is 0.493 e. The van der Waals surface area contributed by atoms with E-state index in [0.717, 1.165) is 42.9 Å². The molecule has 2 N–H and O–H groups in total. The third-order valence-electron chi connectivity index (χ3n) is 4.86.